The van der Waals surface area contributed by atoms with Crippen molar-refractivity contribution >= 4 is 21.9 Å². The molecule has 1 aromatic carbocycles. The SMILES string of the molecule is CCS(=O)(=O)N(C)CC(=O)NCC(Cc1cccc(C)c1)C(=O)O. The van der Waals surface area contributed by atoms with Crippen LogP contribution in [0.5, 0.6) is 0 Å². The standard InChI is InChI=1S/C16H24N2O5S/c1-4-24(22,23)18(3)11-15(19)17-10-14(16(20)21)9-13-7-5-6-12(2)8-13/h5-8,14H,4,9-11H2,1-3H3,(H,17,19)(H,20,21). The van der Waals surface area contributed by atoms with Crippen molar-refractivity contribution in [3.05, 3.63) is 35.4 Å². The molecule has 8 heteroatoms. The molecule has 0 aliphatic carbocycles. The Balaban J connectivity index is 2.61. The van der Waals surface area contributed by atoms with Crippen LogP contribution in [0.3, 0.4) is 0 Å². The molecule has 1 unspecified atom stereocenters. The molecule has 24 heavy (non-hydrogen) atoms. The van der Waals surface area contributed by atoms with Crippen molar-refractivity contribution in [3.63, 3.8) is 0 Å². The highest BCUT2D eigenvalue weighted by Crippen LogP contribution is 2.11. The van der Waals surface area contributed by atoms with E-state index in [4.69, 9.17) is 0 Å². The second-order valence-electron chi connectivity index (χ2n) is 5.69. The highest BCUT2D eigenvalue weighted by Gasteiger charge is 2.21. The fourth-order valence-electron chi connectivity index (χ4n) is 2.18. The lowest BCUT2D eigenvalue weighted by Crippen LogP contribution is -2.41. The van der Waals surface area contributed by atoms with Crippen LogP contribution in [0.2, 0.25) is 0 Å². The number of aliphatic carboxylic acids is 1. The van der Waals surface area contributed by atoms with Crippen LogP contribution in [0.25, 0.3) is 0 Å². The van der Waals surface area contributed by atoms with Crippen LogP contribution in [0.4, 0.5) is 0 Å². The van der Waals surface area contributed by atoms with Gasteiger partial charge in [-0.3, -0.25) is 9.59 Å². The Labute approximate surface area is 142 Å². The van der Waals surface area contributed by atoms with Gasteiger partial charge in [-0.2, -0.15) is 4.31 Å². The van der Waals surface area contributed by atoms with Gasteiger partial charge in [0, 0.05) is 13.6 Å². The highest BCUT2D eigenvalue weighted by atomic mass is 32.2. The number of carboxylic acid groups (broad SMARTS) is 1. The minimum absolute atomic E-state index is 0.0535. The van der Waals surface area contributed by atoms with Crippen molar-refractivity contribution in [2.75, 3.05) is 25.9 Å². The van der Waals surface area contributed by atoms with Crippen molar-refractivity contribution in [2.45, 2.75) is 20.3 Å². The molecule has 1 rings (SSSR count). The molecule has 1 atom stereocenters. The van der Waals surface area contributed by atoms with Crippen LogP contribution in [0, 0.1) is 12.8 Å². The summed E-state index contributed by atoms with van der Waals surface area (Å²) in [6, 6.07) is 7.52. The number of benzene rings is 1. The molecule has 0 bridgehead atoms. The molecule has 7 nitrogen and oxygen atoms in total. The van der Waals surface area contributed by atoms with Gasteiger partial charge >= 0.3 is 5.97 Å². The van der Waals surface area contributed by atoms with Crippen LogP contribution in [-0.2, 0) is 26.0 Å². The number of amides is 1. The summed E-state index contributed by atoms with van der Waals surface area (Å²) in [7, 11) is -2.13. The Morgan fingerprint density at radius 3 is 2.54 bits per heavy atom. The molecule has 1 aromatic rings. The van der Waals surface area contributed by atoms with Gasteiger partial charge < -0.3 is 10.4 Å². The summed E-state index contributed by atoms with van der Waals surface area (Å²) in [6.45, 7) is 3.03. The maximum absolute atomic E-state index is 11.8. The van der Waals surface area contributed by atoms with E-state index in [-0.39, 0.29) is 18.8 Å². The van der Waals surface area contributed by atoms with Gasteiger partial charge in [0.2, 0.25) is 15.9 Å². The van der Waals surface area contributed by atoms with E-state index >= 15 is 0 Å². The van der Waals surface area contributed by atoms with E-state index in [2.05, 4.69) is 5.32 Å². The number of hydrogen-bond donors (Lipinski definition) is 2. The van der Waals surface area contributed by atoms with Gasteiger partial charge in [-0.25, -0.2) is 8.42 Å². The van der Waals surface area contributed by atoms with E-state index in [9.17, 15) is 23.1 Å². The number of rotatable bonds is 9. The Morgan fingerprint density at radius 2 is 2.00 bits per heavy atom. The first-order valence-corrected chi connectivity index (χ1v) is 9.25. The van der Waals surface area contributed by atoms with Crippen molar-refractivity contribution in [2.24, 2.45) is 5.92 Å². The van der Waals surface area contributed by atoms with Gasteiger partial charge in [-0.15, -0.1) is 0 Å². The van der Waals surface area contributed by atoms with E-state index < -0.39 is 27.8 Å². The fraction of sp³-hybridized carbons (Fsp3) is 0.500. The largest absolute Gasteiger partial charge is 0.481 e. The quantitative estimate of drug-likeness (QED) is 0.676. The number of aryl methyl sites for hydroxylation is 1. The van der Waals surface area contributed by atoms with Gasteiger partial charge in [0.25, 0.3) is 0 Å². The Morgan fingerprint density at radius 1 is 1.33 bits per heavy atom. The highest BCUT2D eigenvalue weighted by molar-refractivity contribution is 7.89. The third-order valence-corrected chi connectivity index (χ3v) is 5.47. The summed E-state index contributed by atoms with van der Waals surface area (Å²) in [5, 5.41) is 11.8. The van der Waals surface area contributed by atoms with Gasteiger partial charge in [0.05, 0.1) is 18.2 Å². The number of carboxylic acids is 1. The first kappa shape index (κ1) is 20.1. The number of hydrogen-bond acceptors (Lipinski definition) is 4. The van der Waals surface area contributed by atoms with E-state index in [1.54, 1.807) is 0 Å². The zero-order chi connectivity index (χ0) is 18.3. The first-order chi connectivity index (χ1) is 11.2. The lowest BCUT2D eigenvalue weighted by Gasteiger charge is -2.17. The minimum atomic E-state index is -3.45. The molecule has 2 N–H and O–H groups in total. The predicted molar refractivity (Wildman–Crippen MR) is 91.1 cm³/mol. The third-order valence-electron chi connectivity index (χ3n) is 3.67. The van der Waals surface area contributed by atoms with Crippen molar-refractivity contribution in [3.8, 4) is 0 Å². The van der Waals surface area contributed by atoms with E-state index in [1.165, 1.54) is 14.0 Å². The van der Waals surface area contributed by atoms with Crippen LogP contribution in [0.1, 0.15) is 18.1 Å². The lowest BCUT2D eigenvalue weighted by atomic mass is 9.98. The summed E-state index contributed by atoms with van der Waals surface area (Å²) >= 11 is 0. The van der Waals surface area contributed by atoms with Crippen molar-refractivity contribution in [1.29, 1.82) is 0 Å². The summed E-state index contributed by atoms with van der Waals surface area (Å²) in [6.07, 6.45) is 0.292. The number of sulfonamides is 1. The second kappa shape index (κ2) is 8.79. The second-order valence-corrected chi connectivity index (χ2v) is 8.05. The van der Waals surface area contributed by atoms with Crippen LogP contribution < -0.4 is 5.32 Å². The van der Waals surface area contributed by atoms with Crippen LogP contribution in [0.15, 0.2) is 24.3 Å². The molecule has 0 heterocycles. The van der Waals surface area contributed by atoms with Gasteiger partial charge in [-0.1, -0.05) is 29.8 Å². The van der Waals surface area contributed by atoms with Gasteiger partial charge in [0.15, 0.2) is 0 Å². The monoisotopic (exact) mass is 356 g/mol. The van der Waals surface area contributed by atoms with Crippen molar-refractivity contribution in [1.82, 2.24) is 9.62 Å². The zero-order valence-corrected chi connectivity index (χ0v) is 15.0. The molecule has 0 aliphatic rings. The minimum Gasteiger partial charge on any atom is -0.481 e. The average molecular weight is 356 g/mol. The predicted octanol–water partition coefficient (Wildman–Crippen LogP) is 0.636. The van der Waals surface area contributed by atoms with Crippen molar-refractivity contribution < 1.29 is 23.1 Å². The molecule has 0 aliphatic heterocycles. The average Bonchev–Trinajstić information content (AvgIpc) is 2.51. The van der Waals surface area contributed by atoms with E-state index in [0.29, 0.717) is 6.42 Å². The number of nitrogens with zero attached hydrogens (tertiary/aromatic N) is 1. The topological polar surface area (TPSA) is 104 Å². The Kier molecular flexibility index (Phi) is 7.37. The maximum Gasteiger partial charge on any atom is 0.308 e. The molecule has 0 saturated carbocycles. The van der Waals surface area contributed by atoms with Gasteiger partial charge in [-0.05, 0) is 25.8 Å². The molecule has 0 radical (unpaired) electrons. The normalized spacial score (nSPS) is 12.8. The summed E-state index contributed by atoms with van der Waals surface area (Å²) < 4.78 is 24.2. The maximum atomic E-state index is 11.8. The number of carbonyl (C=O) groups excluding carboxylic acids is 1. The van der Waals surface area contributed by atoms with Crippen LogP contribution in [-0.4, -0.2) is 55.6 Å². The number of carbonyl (C=O) groups is 2. The number of nitrogens with one attached hydrogen (secondary N) is 1. The molecule has 0 spiro atoms. The molecular formula is C16H24N2O5S. The van der Waals surface area contributed by atoms with E-state index in [1.807, 2.05) is 31.2 Å². The fourth-order valence-corrected chi connectivity index (χ4v) is 2.94. The smallest absolute Gasteiger partial charge is 0.308 e. The third kappa shape index (κ3) is 6.29. The Hall–Kier alpha value is -1.93. The molecule has 0 aromatic heterocycles. The zero-order valence-electron chi connectivity index (χ0n) is 14.2. The Bertz CT molecular complexity index is 687. The molecule has 0 fully saturated rings. The van der Waals surface area contributed by atoms with Crippen LogP contribution >= 0.6 is 0 Å². The molecular weight excluding hydrogens is 332 g/mol. The summed E-state index contributed by atoms with van der Waals surface area (Å²) in [4.78, 5) is 23.2. The first-order valence-electron chi connectivity index (χ1n) is 7.64. The van der Waals surface area contributed by atoms with Gasteiger partial charge in [0.1, 0.15) is 0 Å². The molecule has 1 amide bonds. The molecule has 0 saturated heterocycles. The van der Waals surface area contributed by atoms with E-state index in [0.717, 1.165) is 15.4 Å². The summed E-state index contributed by atoms with van der Waals surface area (Å²) in [5.41, 5.74) is 1.91. The lowest BCUT2D eigenvalue weighted by molar-refractivity contribution is -0.141. The number of likely N-dealkylation sites (N-methyl/N-ethyl adjacent to an activating group) is 1. The summed E-state index contributed by atoms with van der Waals surface area (Å²) in [5.74, 6) is -2.40. The molecule has 134 valence electrons.